The molecule has 4 heteroatoms. The van der Waals surface area contributed by atoms with Crippen LogP contribution in [0.15, 0.2) is 24.4 Å². The first-order valence-electron chi connectivity index (χ1n) is 5.95. The summed E-state index contributed by atoms with van der Waals surface area (Å²) in [5.74, 6) is 1.10. The highest BCUT2D eigenvalue weighted by molar-refractivity contribution is 7.98. The number of thioether (sulfide) groups is 1. The number of pyridine rings is 1. The van der Waals surface area contributed by atoms with Gasteiger partial charge in [-0.25, -0.2) is 0 Å². The van der Waals surface area contributed by atoms with Crippen LogP contribution < -0.4 is 5.73 Å². The molecule has 0 aliphatic carbocycles. The van der Waals surface area contributed by atoms with E-state index in [0.29, 0.717) is 6.04 Å². The zero-order valence-corrected chi connectivity index (χ0v) is 11.9. The Balaban J connectivity index is 2.86. The molecule has 0 radical (unpaired) electrons. The lowest BCUT2D eigenvalue weighted by atomic mass is 10.0. The van der Waals surface area contributed by atoms with Crippen molar-refractivity contribution in [1.82, 2.24) is 9.88 Å². The number of rotatable bonds is 6. The van der Waals surface area contributed by atoms with Gasteiger partial charge < -0.3 is 5.73 Å². The third kappa shape index (κ3) is 3.98. The topological polar surface area (TPSA) is 42.2 Å². The second kappa shape index (κ2) is 6.99. The average molecular weight is 253 g/mol. The maximum absolute atomic E-state index is 6.12. The molecule has 17 heavy (non-hydrogen) atoms. The number of nitrogens with zero attached hydrogens (tertiary/aromatic N) is 2. The van der Waals surface area contributed by atoms with Gasteiger partial charge in [-0.3, -0.25) is 9.88 Å². The van der Waals surface area contributed by atoms with E-state index >= 15 is 0 Å². The Kier molecular flexibility index (Phi) is 5.95. The SMILES string of the molecule is CSCC(C)N(C)C(c1ccccn1)C(C)N. The van der Waals surface area contributed by atoms with E-state index in [1.54, 1.807) is 0 Å². The van der Waals surface area contributed by atoms with Gasteiger partial charge in [0.15, 0.2) is 0 Å². The monoisotopic (exact) mass is 253 g/mol. The van der Waals surface area contributed by atoms with Gasteiger partial charge in [-0.2, -0.15) is 11.8 Å². The van der Waals surface area contributed by atoms with Crippen molar-refractivity contribution in [2.75, 3.05) is 19.1 Å². The van der Waals surface area contributed by atoms with E-state index in [1.165, 1.54) is 0 Å². The van der Waals surface area contributed by atoms with E-state index < -0.39 is 0 Å². The molecule has 2 N–H and O–H groups in total. The molecular formula is C13H23N3S. The number of likely N-dealkylation sites (N-methyl/N-ethyl adjacent to an activating group) is 1. The Hall–Kier alpha value is -0.580. The quantitative estimate of drug-likeness (QED) is 0.843. The van der Waals surface area contributed by atoms with Crippen LogP contribution in [0.2, 0.25) is 0 Å². The van der Waals surface area contributed by atoms with E-state index in [1.807, 2.05) is 37.0 Å². The number of hydrogen-bond acceptors (Lipinski definition) is 4. The van der Waals surface area contributed by atoms with Crippen LogP contribution in [0, 0.1) is 0 Å². The van der Waals surface area contributed by atoms with Crippen molar-refractivity contribution in [2.45, 2.75) is 32.0 Å². The van der Waals surface area contributed by atoms with Crippen molar-refractivity contribution in [2.24, 2.45) is 5.73 Å². The predicted molar refractivity (Wildman–Crippen MR) is 76.2 cm³/mol. The molecule has 0 aromatic carbocycles. The fraction of sp³-hybridized carbons (Fsp3) is 0.615. The average Bonchev–Trinajstić information content (AvgIpc) is 2.30. The van der Waals surface area contributed by atoms with Crippen LogP contribution in [0.1, 0.15) is 25.6 Å². The fourth-order valence-electron chi connectivity index (χ4n) is 2.03. The van der Waals surface area contributed by atoms with Crippen LogP contribution >= 0.6 is 11.8 Å². The minimum Gasteiger partial charge on any atom is -0.326 e. The summed E-state index contributed by atoms with van der Waals surface area (Å²) in [5.41, 5.74) is 7.17. The van der Waals surface area contributed by atoms with Gasteiger partial charge in [-0.05, 0) is 39.3 Å². The minimum atomic E-state index is 0.0687. The minimum absolute atomic E-state index is 0.0687. The molecule has 1 aromatic heterocycles. The van der Waals surface area contributed by atoms with Crippen molar-refractivity contribution >= 4 is 11.8 Å². The third-order valence-electron chi connectivity index (χ3n) is 3.03. The van der Waals surface area contributed by atoms with Crippen LogP contribution in [-0.4, -0.2) is 41.0 Å². The summed E-state index contributed by atoms with van der Waals surface area (Å²) in [7, 11) is 2.13. The maximum atomic E-state index is 6.12. The Bertz CT molecular complexity index is 316. The fourth-order valence-corrected chi connectivity index (χ4v) is 2.75. The third-order valence-corrected chi connectivity index (χ3v) is 3.85. The highest BCUT2D eigenvalue weighted by Crippen LogP contribution is 2.23. The van der Waals surface area contributed by atoms with Gasteiger partial charge in [-0.15, -0.1) is 0 Å². The van der Waals surface area contributed by atoms with E-state index in [-0.39, 0.29) is 12.1 Å². The standard InChI is InChI=1S/C13H23N3S/c1-10(9-17-4)16(3)13(11(2)14)12-7-5-6-8-15-12/h5-8,10-11,13H,9,14H2,1-4H3. The van der Waals surface area contributed by atoms with Crippen LogP contribution in [-0.2, 0) is 0 Å². The zero-order chi connectivity index (χ0) is 12.8. The van der Waals surface area contributed by atoms with Gasteiger partial charge in [0, 0.05) is 24.0 Å². The summed E-state index contributed by atoms with van der Waals surface area (Å²) < 4.78 is 0. The molecule has 3 atom stereocenters. The van der Waals surface area contributed by atoms with Crippen LogP contribution in [0.25, 0.3) is 0 Å². The molecule has 1 aromatic rings. The lowest BCUT2D eigenvalue weighted by Crippen LogP contribution is -2.43. The van der Waals surface area contributed by atoms with Gasteiger partial charge in [-0.1, -0.05) is 6.07 Å². The number of hydrogen-bond donors (Lipinski definition) is 1. The maximum Gasteiger partial charge on any atom is 0.0671 e. The van der Waals surface area contributed by atoms with Gasteiger partial charge in [0.25, 0.3) is 0 Å². The second-order valence-corrected chi connectivity index (χ2v) is 5.44. The zero-order valence-electron chi connectivity index (χ0n) is 11.1. The van der Waals surface area contributed by atoms with Crippen molar-refractivity contribution in [1.29, 1.82) is 0 Å². The smallest absolute Gasteiger partial charge is 0.0671 e. The lowest BCUT2D eigenvalue weighted by molar-refractivity contribution is 0.175. The van der Waals surface area contributed by atoms with Crippen molar-refractivity contribution in [3.63, 3.8) is 0 Å². The first-order chi connectivity index (χ1) is 8.07. The number of aromatic nitrogens is 1. The largest absolute Gasteiger partial charge is 0.326 e. The number of nitrogens with two attached hydrogens (primary N) is 1. The predicted octanol–water partition coefficient (Wildman–Crippen LogP) is 2.15. The van der Waals surface area contributed by atoms with Gasteiger partial charge >= 0.3 is 0 Å². The highest BCUT2D eigenvalue weighted by atomic mass is 32.2. The molecule has 1 heterocycles. The summed E-state index contributed by atoms with van der Waals surface area (Å²) >= 11 is 1.86. The van der Waals surface area contributed by atoms with E-state index in [2.05, 4.69) is 36.2 Å². The Morgan fingerprint density at radius 1 is 1.41 bits per heavy atom. The summed E-state index contributed by atoms with van der Waals surface area (Å²) in [6.07, 6.45) is 3.96. The molecule has 0 saturated heterocycles. The van der Waals surface area contributed by atoms with Gasteiger partial charge in [0.05, 0.1) is 11.7 Å². The Morgan fingerprint density at radius 2 is 2.12 bits per heavy atom. The first kappa shape index (κ1) is 14.5. The molecule has 0 spiro atoms. The van der Waals surface area contributed by atoms with E-state index in [0.717, 1.165) is 11.4 Å². The van der Waals surface area contributed by atoms with Crippen LogP contribution in [0.5, 0.6) is 0 Å². The van der Waals surface area contributed by atoms with Crippen molar-refractivity contribution in [3.8, 4) is 0 Å². The first-order valence-corrected chi connectivity index (χ1v) is 7.34. The summed E-state index contributed by atoms with van der Waals surface area (Å²) in [6.45, 7) is 4.27. The Labute approximate surface area is 109 Å². The molecule has 3 nitrogen and oxygen atoms in total. The Morgan fingerprint density at radius 3 is 2.59 bits per heavy atom. The van der Waals surface area contributed by atoms with Gasteiger partial charge in [0.2, 0.25) is 0 Å². The molecule has 0 fully saturated rings. The summed E-state index contributed by atoms with van der Waals surface area (Å²) in [6, 6.07) is 6.74. The molecule has 96 valence electrons. The van der Waals surface area contributed by atoms with Gasteiger partial charge in [0.1, 0.15) is 0 Å². The molecule has 0 bridgehead atoms. The molecule has 1 rings (SSSR count). The molecule has 0 aliphatic heterocycles. The normalized spacial score (nSPS) is 16.8. The lowest BCUT2D eigenvalue weighted by Gasteiger charge is -2.35. The van der Waals surface area contributed by atoms with E-state index in [4.69, 9.17) is 5.73 Å². The molecular weight excluding hydrogens is 230 g/mol. The second-order valence-electron chi connectivity index (χ2n) is 4.53. The van der Waals surface area contributed by atoms with Crippen molar-refractivity contribution < 1.29 is 0 Å². The molecule has 0 aliphatic rings. The van der Waals surface area contributed by atoms with Crippen LogP contribution in [0.4, 0.5) is 0 Å². The summed E-state index contributed by atoms with van der Waals surface area (Å²) in [4.78, 5) is 6.76. The van der Waals surface area contributed by atoms with Crippen LogP contribution in [0.3, 0.4) is 0 Å². The summed E-state index contributed by atoms with van der Waals surface area (Å²) in [5, 5.41) is 0. The molecule has 0 amide bonds. The molecule has 3 unspecified atom stereocenters. The highest BCUT2D eigenvalue weighted by Gasteiger charge is 2.25. The van der Waals surface area contributed by atoms with E-state index in [9.17, 15) is 0 Å². The van der Waals surface area contributed by atoms with Crippen molar-refractivity contribution in [3.05, 3.63) is 30.1 Å². The molecule has 0 saturated carbocycles.